The van der Waals surface area contributed by atoms with E-state index in [2.05, 4.69) is 52.0 Å². The third kappa shape index (κ3) is 4.01. The molecule has 1 rings (SSSR count). The third-order valence-electron chi connectivity index (χ3n) is 1.95. The first-order valence-corrected chi connectivity index (χ1v) is 4.49. The Labute approximate surface area is 84.9 Å². The van der Waals surface area contributed by atoms with Crippen LogP contribution >= 0.6 is 0 Å². The maximum Gasteiger partial charge on any atom is 0.373 e. The quantitative estimate of drug-likeness (QED) is 0.633. The van der Waals surface area contributed by atoms with E-state index < -0.39 is 0 Å². The zero-order valence-electron chi connectivity index (χ0n) is 9.13. The Morgan fingerprint density at radius 3 is 1.79 bits per heavy atom. The van der Waals surface area contributed by atoms with Crippen LogP contribution in [0, 0.1) is 6.92 Å². The van der Waals surface area contributed by atoms with Gasteiger partial charge in [-0.3, -0.25) is 0 Å². The van der Waals surface area contributed by atoms with Crippen molar-refractivity contribution in [3.05, 3.63) is 35.4 Å². The van der Waals surface area contributed by atoms with Gasteiger partial charge in [0.05, 0.1) is 0 Å². The molecule has 0 atom stereocenters. The molecule has 0 spiro atoms. The van der Waals surface area contributed by atoms with Crippen LogP contribution in [0.25, 0.3) is 0 Å². The minimum Gasteiger partial charge on any atom is -0.186 e. The predicted octanol–water partition coefficient (Wildman–Crippen LogP) is 2.71. The van der Waals surface area contributed by atoms with E-state index in [4.69, 9.17) is 9.59 Å². The Morgan fingerprint density at radius 1 is 1.07 bits per heavy atom. The van der Waals surface area contributed by atoms with Gasteiger partial charge in [-0.1, -0.05) is 45.0 Å². The van der Waals surface area contributed by atoms with Crippen LogP contribution in [0.15, 0.2) is 24.3 Å². The maximum atomic E-state index is 8.12. The Kier molecular flexibility index (Phi) is 4.82. The highest BCUT2D eigenvalue weighted by molar-refractivity contribution is 5.31. The zero-order chi connectivity index (χ0) is 11.2. The van der Waals surface area contributed by atoms with Crippen LogP contribution < -0.4 is 0 Å². The van der Waals surface area contributed by atoms with Crippen LogP contribution in [-0.4, -0.2) is 6.15 Å². The zero-order valence-corrected chi connectivity index (χ0v) is 9.13. The molecular weight excluding hydrogens is 176 g/mol. The fourth-order valence-corrected chi connectivity index (χ4v) is 1.41. The average molecular weight is 192 g/mol. The highest BCUT2D eigenvalue weighted by Gasteiger charge is 2.14. The summed E-state index contributed by atoms with van der Waals surface area (Å²) in [6, 6.07) is 8.56. The normalized spacial score (nSPS) is 9.71. The fraction of sp³-hybridized carbons (Fsp3) is 0.417. The highest BCUT2D eigenvalue weighted by atomic mass is 16.2. The van der Waals surface area contributed by atoms with E-state index in [1.54, 1.807) is 0 Å². The van der Waals surface area contributed by atoms with E-state index in [1.807, 2.05) is 0 Å². The first kappa shape index (κ1) is 12.6. The van der Waals surface area contributed by atoms with Crippen molar-refractivity contribution in [2.75, 3.05) is 0 Å². The molecule has 1 aromatic carbocycles. The number of benzene rings is 1. The summed E-state index contributed by atoms with van der Waals surface area (Å²) in [5, 5.41) is 0. The molecule has 0 heterocycles. The molecule has 0 aliphatic rings. The van der Waals surface area contributed by atoms with Gasteiger partial charge in [-0.15, -0.1) is 0 Å². The lowest BCUT2D eigenvalue weighted by Crippen LogP contribution is -2.12. The van der Waals surface area contributed by atoms with Crippen LogP contribution in [0.2, 0.25) is 0 Å². The standard InChI is InChI=1S/C11H16.CO2/c1-9-7-5-6-8-10(9)11(2,3)4;2-1-3/h5-8H,1-4H3;. The molecule has 0 amide bonds. The summed E-state index contributed by atoms with van der Waals surface area (Å²) < 4.78 is 0. The first-order valence-electron chi connectivity index (χ1n) is 4.49. The van der Waals surface area contributed by atoms with Gasteiger partial charge >= 0.3 is 6.15 Å². The summed E-state index contributed by atoms with van der Waals surface area (Å²) in [5.74, 6) is 0. The monoisotopic (exact) mass is 192 g/mol. The fourth-order valence-electron chi connectivity index (χ4n) is 1.41. The molecule has 0 unspecified atom stereocenters. The first-order chi connectivity index (χ1) is 6.43. The van der Waals surface area contributed by atoms with Crippen molar-refractivity contribution in [2.24, 2.45) is 0 Å². The van der Waals surface area contributed by atoms with Crippen LogP contribution in [0.1, 0.15) is 31.9 Å². The van der Waals surface area contributed by atoms with Crippen molar-refractivity contribution in [3.8, 4) is 0 Å². The van der Waals surface area contributed by atoms with Crippen LogP contribution in [-0.2, 0) is 15.0 Å². The second-order valence-corrected chi connectivity index (χ2v) is 4.15. The molecule has 0 N–H and O–H groups in total. The van der Waals surface area contributed by atoms with Gasteiger partial charge in [0.1, 0.15) is 0 Å². The number of rotatable bonds is 0. The van der Waals surface area contributed by atoms with Crippen LogP contribution in [0.4, 0.5) is 0 Å². The van der Waals surface area contributed by atoms with Crippen LogP contribution in [0.5, 0.6) is 0 Å². The van der Waals surface area contributed by atoms with Crippen molar-refractivity contribution in [1.29, 1.82) is 0 Å². The predicted molar refractivity (Wildman–Crippen MR) is 54.9 cm³/mol. The van der Waals surface area contributed by atoms with Gasteiger partial charge in [0.25, 0.3) is 0 Å². The van der Waals surface area contributed by atoms with Crippen molar-refractivity contribution in [3.63, 3.8) is 0 Å². The van der Waals surface area contributed by atoms with E-state index in [1.165, 1.54) is 11.1 Å². The minimum atomic E-state index is 0.250. The number of hydrogen-bond acceptors (Lipinski definition) is 2. The molecule has 2 nitrogen and oxygen atoms in total. The molecule has 76 valence electrons. The second-order valence-electron chi connectivity index (χ2n) is 4.15. The summed E-state index contributed by atoms with van der Waals surface area (Å²) >= 11 is 0. The molecule has 2 heteroatoms. The summed E-state index contributed by atoms with van der Waals surface area (Å²) in [6.07, 6.45) is 0.250. The van der Waals surface area contributed by atoms with Gasteiger partial charge in [0, 0.05) is 0 Å². The van der Waals surface area contributed by atoms with E-state index in [0.29, 0.717) is 0 Å². The van der Waals surface area contributed by atoms with Gasteiger partial charge in [-0.05, 0) is 23.5 Å². The molecule has 0 fully saturated rings. The van der Waals surface area contributed by atoms with Gasteiger partial charge in [0.15, 0.2) is 0 Å². The Balaban J connectivity index is 0.000000500. The molecule has 14 heavy (non-hydrogen) atoms. The SMILES string of the molecule is Cc1ccccc1C(C)(C)C.O=C=O. The Hall–Kier alpha value is -1.40. The van der Waals surface area contributed by atoms with Gasteiger partial charge in [0.2, 0.25) is 0 Å². The lowest BCUT2D eigenvalue weighted by atomic mass is 9.84. The molecule has 0 aromatic heterocycles. The van der Waals surface area contributed by atoms with Gasteiger partial charge in [-0.25, -0.2) is 0 Å². The summed E-state index contributed by atoms with van der Waals surface area (Å²) in [7, 11) is 0. The van der Waals surface area contributed by atoms with E-state index >= 15 is 0 Å². The van der Waals surface area contributed by atoms with E-state index in [9.17, 15) is 0 Å². The lowest BCUT2D eigenvalue weighted by Gasteiger charge is -2.21. The van der Waals surface area contributed by atoms with Gasteiger partial charge in [-0.2, -0.15) is 9.59 Å². The largest absolute Gasteiger partial charge is 0.373 e. The van der Waals surface area contributed by atoms with E-state index in [0.717, 1.165) is 0 Å². The molecule has 0 aliphatic carbocycles. The number of aryl methyl sites for hydroxylation is 1. The second kappa shape index (κ2) is 5.36. The molecule has 0 aliphatic heterocycles. The summed E-state index contributed by atoms with van der Waals surface area (Å²) in [6.45, 7) is 8.90. The molecule has 0 saturated carbocycles. The summed E-state index contributed by atoms with van der Waals surface area (Å²) in [4.78, 5) is 16.2. The average Bonchev–Trinajstić information content (AvgIpc) is 2.04. The number of hydrogen-bond donors (Lipinski definition) is 0. The Morgan fingerprint density at radius 2 is 1.50 bits per heavy atom. The van der Waals surface area contributed by atoms with Crippen molar-refractivity contribution < 1.29 is 9.59 Å². The topological polar surface area (TPSA) is 34.1 Å². The van der Waals surface area contributed by atoms with Gasteiger partial charge < -0.3 is 0 Å². The smallest absolute Gasteiger partial charge is 0.186 e. The molecule has 0 saturated heterocycles. The van der Waals surface area contributed by atoms with E-state index in [-0.39, 0.29) is 11.6 Å². The molecule has 0 bridgehead atoms. The maximum absolute atomic E-state index is 8.12. The number of carbonyl (C=O) groups excluding carboxylic acids is 2. The molecule has 1 aromatic rings. The van der Waals surface area contributed by atoms with Crippen molar-refractivity contribution in [1.82, 2.24) is 0 Å². The summed E-state index contributed by atoms with van der Waals surface area (Å²) in [5.41, 5.74) is 3.12. The molecular formula is C12H16O2. The Bertz CT molecular complexity index is 315. The third-order valence-corrected chi connectivity index (χ3v) is 1.95. The molecule has 0 radical (unpaired) electrons. The lowest BCUT2D eigenvalue weighted by molar-refractivity contribution is -0.191. The highest BCUT2D eigenvalue weighted by Crippen LogP contribution is 2.24. The van der Waals surface area contributed by atoms with Crippen LogP contribution in [0.3, 0.4) is 0 Å². The van der Waals surface area contributed by atoms with Crippen molar-refractivity contribution >= 4 is 6.15 Å². The minimum absolute atomic E-state index is 0.250. The van der Waals surface area contributed by atoms with Crippen molar-refractivity contribution in [2.45, 2.75) is 33.1 Å².